The van der Waals surface area contributed by atoms with Crippen LogP contribution in [-0.4, -0.2) is 87.6 Å². The van der Waals surface area contributed by atoms with Gasteiger partial charge in [-0.3, -0.25) is 4.79 Å². The van der Waals surface area contributed by atoms with Crippen molar-refractivity contribution in [3.63, 3.8) is 0 Å². The zero-order valence-corrected chi connectivity index (χ0v) is 17.5. The van der Waals surface area contributed by atoms with Gasteiger partial charge in [0.2, 0.25) is 0 Å². The molecule has 1 aliphatic carbocycles. The van der Waals surface area contributed by atoms with E-state index in [0.29, 0.717) is 6.42 Å². The van der Waals surface area contributed by atoms with E-state index in [0.717, 1.165) is 18.4 Å². The van der Waals surface area contributed by atoms with Crippen LogP contribution in [-0.2, 0) is 23.7 Å². The van der Waals surface area contributed by atoms with Crippen LogP contribution in [0.15, 0.2) is 11.6 Å². The topological polar surface area (TPSA) is 138 Å². The van der Waals surface area contributed by atoms with Crippen molar-refractivity contribution in [3.05, 3.63) is 11.6 Å². The highest BCUT2D eigenvalue weighted by atomic mass is 16.7. The largest absolute Gasteiger partial charge is 0.459 e. The second kappa shape index (κ2) is 8.12. The predicted octanol–water partition coefficient (Wildman–Crippen LogP) is -0.363. The highest BCUT2D eigenvalue weighted by Gasteiger charge is 2.62. The molecule has 0 unspecified atom stereocenters. The minimum atomic E-state index is -1.51. The van der Waals surface area contributed by atoms with Gasteiger partial charge in [0.15, 0.2) is 6.29 Å². The molecule has 4 N–H and O–H groups in total. The van der Waals surface area contributed by atoms with Crippen molar-refractivity contribution < 1.29 is 44.2 Å². The summed E-state index contributed by atoms with van der Waals surface area (Å²) >= 11 is 0. The number of esters is 1. The molecular formula is C21H32O9. The number of ether oxygens (including phenoxy) is 4. The molecule has 3 heterocycles. The second-order valence-electron chi connectivity index (χ2n) is 9.25. The van der Waals surface area contributed by atoms with Crippen LogP contribution >= 0.6 is 0 Å². The van der Waals surface area contributed by atoms with E-state index in [1.807, 2.05) is 20.8 Å². The maximum atomic E-state index is 12.3. The van der Waals surface area contributed by atoms with Gasteiger partial charge in [-0.1, -0.05) is 13.0 Å². The number of aliphatic hydroxyl groups is 4. The zero-order chi connectivity index (χ0) is 21.8. The Morgan fingerprint density at radius 2 is 1.97 bits per heavy atom. The van der Waals surface area contributed by atoms with Gasteiger partial charge in [-0.15, -0.1) is 0 Å². The number of rotatable bonds is 3. The van der Waals surface area contributed by atoms with E-state index in [4.69, 9.17) is 18.9 Å². The minimum absolute atomic E-state index is 0.138. The average Bonchev–Trinajstić information content (AvgIpc) is 3.30. The number of carbonyl (C=O) groups excluding carboxylic acids is 1. The van der Waals surface area contributed by atoms with Crippen molar-refractivity contribution in [1.29, 1.82) is 0 Å². The molecule has 11 atom stereocenters. The van der Waals surface area contributed by atoms with E-state index in [1.54, 1.807) is 0 Å². The summed E-state index contributed by atoms with van der Waals surface area (Å²) in [6, 6.07) is 0. The highest BCUT2D eigenvalue weighted by Crippen LogP contribution is 2.50. The lowest BCUT2D eigenvalue weighted by Crippen LogP contribution is -2.59. The predicted molar refractivity (Wildman–Crippen MR) is 102 cm³/mol. The smallest absolute Gasteiger partial charge is 0.309 e. The van der Waals surface area contributed by atoms with Crippen molar-refractivity contribution >= 4 is 5.97 Å². The first-order valence-electron chi connectivity index (χ1n) is 10.7. The SMILES string of the molecule is C/C1=C\CC[C@@]2(C)O[C@H]2[C@H]2OC(=O)[C@@H](C)[C@@H]2C[C@H]1O[C@@H]1O[C@H](CO)[C@@H](O)[C@H](O)[C@H]1O. The van der Waals surface area contributed by atoms with Gasteiger partial charge in [0, 0.05) is 5.92 Å². The third-order valence-electron chi connectivity index (χ3n) is 7.18. The third-order valence-corrected chi connectivity index (χ3v) is 7.18. The Balaban J connectivity index is 1.57. The van der Waals surface area contributed by atoms with Crippen molar-refractivity contribution in [2.75, 3.05) is 6.61 Å². The maximum absolute atomic E-state index is 12.3. The highest BCUT2D eigenvalue weighted by molar-refractivity contribution is 5.75. The number of aliphatic hydroxyl groups excluding tert-OH is 4. The molecule has 4 aliphatic rings. The normalized spacial score (nSPS) is 53.2. The van der Waals surface area contributed by atoms with Gasteiger partial charge in [0.05, 0.1) is 24.2 Å². The fourth-order valence-electron chi connectivity index (χ4n) is 4.94. The van der Waals surface area contributed by atoms with Crippen molar-refractivity contribution in [1.82, 2.24) is 0 Å². The Bertz CT molecular complexity index is 694. The van der Waals surface area contributed by atoms with E-state index in [9.17, 15) is 25.2 Å². The zero-order valence-electron chi connectivity index (χ0n) is 17.5. The van der Waals surface area contributed by atoms with Crippen molar-refractivity contribution in [3.8, 4) is 0 Å². The Morgan fingerprint density at radius 3 is 2.67 bits per heavy atom. The number of carbonyl (C=O) groups is 1. The van der Waals surface area contributed by atoms with Crippen LogP contribution in [0.3, 0.4) is 0 Å². The van der Waals surface area contributed by atoms with Crippen molar-refractivity contribution in [2.45, 2.75) is 94.7 Å². The van der Waals surface area contributed by atoms with Gasteiger partial charge >= 0.3 is 5.97 Å². The molecule has 3 aliphatic heterocycles. The lowest BCUT2D eigenvalue weighted by Gasteiger charge is -2.41. The summed E-state index contributed by atoms with van der Waals surface area (Å²) in [6.45, 7) is 5.27. The molecule has 170 valence electrons. The fourth-order valence-corrected chi connectivity index (χ4v) is 4.94. The molecule has 0 aromatic rings. The molecule has 0 amide bonds. The van der Waals surface area contributed by atoms with Gasteiger partial charge in [-0.2, -0.15) is 0 Å². The van der Waals surface area contributed by atoms with Gasteiger partial charge in [-0.25, -0.2) is 0 Å². The molecule has 0 bridgehead atoms. The van der Waals surface area contributed by atoms with Gasteiger partial charge < -0.3 is 39.4 Å². The van der Waals surface area contributed by atoms with Crippen LogP contribution < -0.4 is 0 Å². The number of allylic oxidation sites excluding steroid dienone is 1. The van der Waals surface area contributed by atoms with Crippen LogP contribution in [0.2, 0.25) is 0 Å². The summed E-state index contributed by atoms with van der Waals surface area (Å²) in [7, 11) is 0. The number of fused-ring (bicyclic) bond motifs is 3. The molecule has 30 heavy (non-hydrogen) atoms. The summed E-state index contributed by atoms with van der Waals surface area (Å²) < 4.78 is 23.2. The molecule has 0 aromatic heterocycles. The number of hydrogen-bond donors (Lipinski definition) is 4. The molecule has 0 spiro atoms. The standard InChI is InChI=1S/C21H32O9/c1-9-5-4-6-21(3)18(30-21)17-11(10(2)19(26)29-17)7-12(9)27-20-16(25)15(24)14(23)13(8-22)28-20/h5,10-18,20,22-25H,4,6-8H2,1-3H3/b9-5+/t10-,11-,12+,13+,14+,15-,16+,17-,18-,20+,21+/m0/s1. The summed E-state index contributed by atoms with van der Waals surface area (Å²) in [5.41, 5.74) is 0.620. The van der Waals surface area contributed by atoms with E-state index >= 15 is 0 Å². The van der Waals surface area contributed by atoms with Crippen LogP contribution in [0, 0.1) is 11.8 Å². The number of epoxide rings is 1. The van der Waals surface area contributed by atoms with Gasteiger partial charge in [0.25, 0.3) is 0 Å². The average molecular weight is 428 g/mol. The Hall–Kier alpha value is -1.07. The van der Waals surface area contributed by atoms with Gasteiger partial charge in [-0.05, 0) is 38.7 Å². The molecule has 3 fully saturated rings. The summed E-state index contributed by atoms with van der Waals surface area (Å²) in [5, 5.41) is 39.9. The Kier molecular flexibility index (Phi) is 6.00. The Morgan fingerprint density at radius 1 is 1.23 bits per heavy atom. The van der Waals surface area contributed by atoms with Gasteiger partial charge in [0.1, 0.15) is 36.6 Å². The molecular weight excluding hydrogens is 396 g/mol. The molecule has 9 nitrogen and oxygen atoms in total. The first-order chi connectivity index (χ1) is 14.2. The summed E-state index contributed by atoms with van der Waals surface area (Å²) in [4.78, 5) is 12.3. The van der Waals surface area contributed by atoms with Crippen LogP contribution in [0.5, 0.6) is 0 Å². The fraction of sp³-hybridized carbons (Fsp3) is 0.857. The molecule has 0 saturated carbocycles. The molecule has 3 saturated heterocycles. The summed E-state index contributed by atoms with van der Waals surface area (Å²) in [6.07, 6.45) is -3.65. The Labute approximate surface area is 175 Å². The van der Waals surface area contributed by atoms with E-state index in [1.165, 1.54) is 0 Å². The quantitative estimate of drug-likeness (QED) is 0.270. The van der Waals surface area contributed by atoms with Crippen LogP contribution in [0.25, 0.3) is 0 Å². The van der Waals surface area contributed by atoms with E-state index in [-0.39, 0.29) is 35.6 Å². The monoisotopic (exact) mass is 428 g/mol. The number of hydrogen-bond acceptors (Lipinski definition) is 9. The minimum Gasteiger partial charge on any atom is -0.459 e. The van der Waals surface area contributed by atoms with E-state index < -0.39 is 43.4 Å². The van der Waals surface area contributed by atoms with Crippen LogP contribution in [0.4, 0.5) is 0 Å². The first-order valence-corrected chi connectivity index (χ1v) is 10.7. The molecule has 0 radical (unpaired) electrons. The molecule has 4 rings (SSSR count). The van der Waals surface area contributed by atoms with E-state index in [2.05, 4.69) is 6.08 Å². The third kappa shape index (κ3) is 3.81. The first kappa shape index (κ1) is 22.1. The molecule has 0 aromatic carbocycles. The molecule has 9 heteroatoms. The lowest BCUT2D eigenvalue weighted by molar-refractivity contribution is -0.309. The van der Waals surface area contributed by atoms with Crippen molar-refractivity contribution in [2.24, 2.45) is 11.8 Å². The lowest BCUT2D eigenvalue weighted by atomic mass is 9.80. The maximum Gasteiger partial charge on any atom is 0.309 e. The van der Waals surface area contributed by atoms with Crippen LogP contribution in [0.1, 0.15) is 40.0 Å². The second-order valence-corrected chi connectivity index (χ2v) is 9.25. The summed E-state index contributed by atoms with van der Waals surface area (Å²) in [5.74, 6) is -0.715.